The highest BCUT2D eigenvalue weighted by atomic mass is 16.5. The van der Waals surface area contributed by atoms with Crippen LogP contribution in [0.25, 0.3) is 0 Å². The van der Waals surface area contributed by atoms with E-state index in [-0.39, 0.29) is 23.0 Å². The molecular weight excluding hydrogens is 300 g/mol. The highest BCUT2D eigenvalue weighted by Gasteiger charge is 2.42. The summed E-state index contributed by atoms with van der Waals surface area (Å²) in [6.45, 7) is 11.9. The van der Waals surface area contributed by atoms with Gasteiger partial charge in [0, 0.05) is 5.92 Å². The van der Waals surface area contributed by atoms with Crippen molar-refractivity contribution < 1.29 is 14.6 Å². The minimum atomic E-state index is -0.876. The van der Waals surface area contributed by atoms with Gasteiger partial charge in [-0.2, -0.15) is 0 Å². The number of hydrogen-bond donors (Lipinski definition) is 1. The Kier molecular flexibility index (Phi) is 5.87. The largest absolute Gasteiger partial charge is 0.459 e. The van der Waals surface area contributed by atoms with Crippen LogP contribution >= 0.6 is 0 Å². The number of esters is 1. The van der Waals surface area contributed by atoms with Gasteiger partial charge < -0.3 is 9.84 Å². The van der Waals surface area contributed by atoms with Gasteiger partial charge in [0.05, 0.1) is 11.7 Å². The second-order valence-electron chi connectivity index (χ2n) is 7.76. The van der Waals surface area contributed by atoms with Gasteiger partial charge in [-0.25, -0.2) is 4.79 Å². The predicted molar refractivity (Wildman–Crippen MR) is 96.7 cm³/mol. The Hall–Kier alpha value is -1.61. The molecule has 0 aliphatic heterocycles. The second-order valence-corrected chi connectivity index (χ2v) is 7.76. The lowest BCUT2D eigenvalue weighted by atomic mass is 9.64. The zero-order valence-corrected chi connectivity index (χ0v) is 15.3. The molecule has 1 N–H and O–H groups in total. The summed E-state index contributed by atoms with van der Waals surface area (Å²) in [5.74, 6) is 0.310. The molecule has 24 heavy (non-hydrogen) atoms. The fourth-order valence-electron chi connectivity index (χ4n) is 3.75. The zero-order chi connectivity index (χ0) is 17.9. The Labute approximate surface area is 145 Å². The highest BCUT2D eigenvalue weighted by molar-refractivity contribution is 5.88. The SMILES string of the molecule is C=C(C(=O)O[C@@H]1C[C@H](C)CC[C@H]1C(C)(C)c1ccccc1)C(C)O. The quantitative estimate of drug-likeness (QED) is 0.648. The first-order valence-electron chi connectivity index (χ1n) is 8.86. The van der Waals surface area contributed by atoms with Crippen molar-refractivity contribution in [2.75, 3.05) is 0 Å². The molecule has 1 unspecified atom stereocenters. The summed E-state index contributed by atoms with van der Waals surface area (Å²) in [5.41, 5.74) is 1.31. The van der Waals surface area contributed by atoms with Gasteiger partial charge in [-0.15, -0.1) is 0 Å². The molecule has 0 spiro atoms. The van der Waals surface area contributed by atoms with Gasteiger partial charge in [0.2, 0.25) is 0 Å². The van der Waals surface area contributed by atoms with Gasteiger partial charge >= 0.3 is 5.97 Å². The normalized spacial score (nSPS) is 25.8. The number of carbonyl (C=O) groups is 1. The maximum Gasteiger partial charge on any atom is 0.336 e. The van der Waals surface area contributed by atoms with Crippen molar-refractivity contribution in [3.05, 3.63) is 48.0 Å². The molecule has 1 saturated carbocycles. The third-order valence-electron chi connectivity index (χ3n) is 5.52. The topological polar surface area (TPSA) is 46.5 Å². The summed E-state index contributed by atoms with van der Waals surface area (Å²) >= 11 is 0. The van der Waals surface area contributed by atoms with Crippen LogP contribution < -0.4 is 0 Å². The standard InChI is InChI=1S/C21H30O3/c1-14-11-12-18(21(4,5)17-9-7-6-8-10-17)19(13-14)24-20(23)15(2)16(3)22/h6-10,14,16,18-19,22H,2,11-13H2,1,3-5H3/t14-,16?,18-,19-/m1/s1. The number of hydrogen-bond acceptors (Lipinski definition) is 3. The second kappa shape index (κ2) is 7.52. The lowest BCUT2D eigenvalue weighted by Crippen LogP contribution is -2.44. The van der Waals surface area contributed by atoms with Crippen molar-refractivity contribution >= 4 is 5.97 Å². The number of aliphatic hydroxyl groups is 1. The van der Waals surface area contributed by atoms with Crippen LogP contribution in [0.4, 0.5) is 0 Å². The van der Waals surface area contributed by atoms with Crippen LogP contribution in [0.5, 0.6) is 0 Å². The summed E-state index contributed by atoms with van der Waals surface area (Å²) in [6.07, 6.45) is 2.01. The lowest BCUT2D eigenvalue weighted by molar-refractivity contribution is -0.152. The first-order chi connectivity index (χ1) is 11.2. The van der Waals surface area contributed by atoms with Gasteiger partial charge in [0.25, 0.3) is 0 Å². The van der Waals surface area contributed by atoms with Gasteiger partial charge in [-0.3, -0.25) is 0 Å². The lowest BCUT2D eigenvalue weighted by Gasteiger charge is -2.44. The number of carbonyl (C=O) groups excluding carboxylic acids is 1. The van der Waals surface area contributed by atoms with E-state index >= 15 is 0 Å². The summed E-state index contributed by atoms with van der Waals surface area (Å²) in [4.78, 5) is 12.3. The molecule has 0 aromatic heterocycles. The van der Waals surface area contributed by atoms with E-state index < -0.39 is 12.1 Å². The van der Waals surface area contributed by atoms with E-state index in [0.29, 0.717) is 5.92 Å². The number of aliphatic hydroxyl groups excluding tert-OH is 1. The van der Waals surface area contributed by atoms with Crippen molar-refractivity contribution in [3.8, 4) is 0 Å². The Morgan fingerprint density at radius 3 is 2.50 bits per heavy atom. The minimum Gasteiger partial charge on any atom is -0.459 e. The molecule has 1 aliphatic carbocycles. The van der Waals surface area contributed by atoms with Crippen molar-refractivity contribution in [2.24, 2.45) is 11.8 Å². The summed E-state index contributed by atoms with van der Waals surface area (Å²) in [6, 6.07) is 10.4. The fourth-order valence-corrected chi connectivity index (χ4v) is 3.75. The molecule has 0 heterocycles. The number of rotatable bonds is 5. The summed E-state index contributed by atoms with van der Waals surface area (Å²) < 4.78 is 5.81. The monoisotopic (exact) mass is 330 g/mol. The molecule has 132 valence electrons. The van der Waals surface area contributed by atoms with Gasteiger partial charge in [-0.05, 0) is 36.7 Å². The number of ether oxygens (including phenoxy) is 1. The first-order valence-corrected chi connectivity index (χ1v) is 8.86. The van der Waals surface area contributed by atoms with E-state index in [0.717, 1.165) is 19.3 Å². The molecule has 1 aromatic rings. The third-order valence-corrected chi connectivity index (χ3v) is 5.52. The van der Waals surface area contributed by atoms with Crippen molar-refractivity contribution in [1.82, 2.24) is 0 Å². The van der Waals surface area contributed by atoms with Crippen LogP contribution in [0.15, 0.2) is 42.5 Å². The van der Waals surface area contributed by atoms with E-state index in [4.69, 9.17) is 4.74 Å². The third kappa shape index (κ3) is 4.07. The Balaban J connectivity index is 2.22. The van der Waals surface area contributed by atoms with Crippen molar-refractivity contribution in [2.45, 2.75) is 64.6 Å². The fraction of sp³-hybridized carbons (Fsp3) is 0.571. The minimum absolute atomic E-state index is 0.0848. The van der Waals surface area contributed by atoms with Gasteiger partial charge in [0.1, 0.15) is 6.10 Å². The predicted octanol–water partition coefficient (Wildman–Crippen LogP) is 4.25. The Morgan fingerprint density at radius 1 is 1.29 bits per heavy atom. The first kappa shape index (κ1) is 18.7. The molecule has 1 fully saturated rings. The maximum absolute atomic E-state index is 12.3. The Morgan fingerprint density at radius 2 is 1.92 bits per heavy atom. The van der Waals surface area contributed by atoms with Gasteiger partial charge in [0.15, 0.2) is 0 Å². The molecule has 0 amide bonds. The van der Waals surface area contributed by atoms with E-state index in [2.05, 4.69) is 51.6 Å². The average molecular weight is 330 g/mol. The van der Waals surface area contributed by atoms with Crippen LogP contribution in [0.2, 0.25) is 0 Å². The Bertz CT molecular complexity index is 574. The van der Waals surface area contributed by atoms with E-state index in [9.17, 15) is 9.90 Å². The molecule has 1 aromatic carbocycles. The average Bonchev–Trinajstić information content (AvgIpc) is 2.54. The molecule has 3 nitrogen and oxygen atoms in total. The smallest absolute Gasteiger partial charge is 0.336 e. The number of benzene rings is 1. The molecule has 0 saturated heterocycles. The van der Waals surface area contributed by atoms with Crippen LogP contribution in [-0.2, 0) is 14.9 Å². The van der Waals surface area contributed by atoms with Gasteiger partial charge in [-0.1, -0.05) is 64.1 Å². The molecule has 4 atom stereocenters. The highest BCUT2D eigenvalue weighted by Crippen LogP contribution is 2.43. The molecular formula is C21H30O3. The maximum atomic E-state index is 12.3. The van der Waals surface area contributed by atoms with E-state index in [1.807, 2.05) is 6.07 Å². The molecule has 3 heteroatoms. The van der Waals surface area contributed by atoms with E-state index in [1.165, 1.54) is 5.56 Å². The molecule has 1 aliphatic rings. The molecule has 2 rings (SSSR count). The van der Waals surface area contributed by atoms with Crippen LogP contribution in [0.1, 0.15) is 52.5 Å². The molecule has 0 radical (unpaired) electrons. The summed E-state index contributed by atoms with van der Waals surface area (Å²) in [7, 11) is 0. The molecule has 0 bridgehead atoms. The van der Waals surface area contributed by atoms with Crippen LogP contribution in [0, 0.1) is 11.8 Å². The van der Waals surface area contributed by atoms with E-state index in [1.54, 1.807) is 6.92 Å². The summed E-state index contributed by atoms with van der Waals surface area (Å²) in [5, 5.41) is 9.58. The van der Waals surface area contributed by atoms with Crippen LogP contribution in [0.3, 0.4) is 0 Å². The van der Waals surface area contributed by atoms with Crippen LogP contribution in [-0.4, -0.2) is 23.3 Å². The zero-order valence-electron chi connectivity index (χ0n) is 15.3. The van der Waals surface area contributed by atoms with Crippen molar-refractivity contribution in [1.29, 1.82) is 0 Å². The van der Waals surface area contributed by atoms with Crippen molar-refractivity contribution in [3.63, 3.8) is 0 Å².